The van der Waals surface area contributed by atoms with Gasteiger partial charge in [0.25, 0.3) is 0 Å². The zero-order valence-corrected chi connectivity index (χ0v) is 7.58. The molecule has 0 aliphatic rings. The topological polar surface area (TPSA) is 0 Å². The Hall–Kier alpha value is -0.200. The minimum atomic E-state index is 0.720. The predicted octanol–water partition coefficient (Wildman–Crippen LogP) is 3.83. The Labute approximate surface area is 71.8 Å². The molecule has 0 bridgehead atoms. The van der Waals surface area contributed by atoms with Gasteiger partial charge in [0.1, 0.15) is 0 Å². The molecule has 2 heteroatoms. The molecule has 0 fully saturated rings. The van der Waals surface area contributed by atoms with Gasteiger partial charge in [0, 0.05) is 10.6 Å². The third kappa shape index (κ3) is 4.66. The van der Waals surface area contributed by atoms with Gasteiger partial charge in [-0.25, -0.2) is 0 Å². The normalized spacial score (nSPS) is 14.8. The van der Waals surface area contributed by atoms with E-state index in [2.05, 4.69) is 0 Å². The second-order valence-electron chi connectivity index (χ2n) is 1.86. The fraction of sp³-hybridized carbons (Fsp3) is 0.250. The van der Waals surface area contributed by atoms with E-state index in [1.54, 1.807) is 6.08 Å². The Bertz CT molecular complexity index is 156. The minimum absolute atomic E-state index is 0.720. The molecular weight excluding hydrogens is 167 g/mol. The Morgan fingerprint density at radius 1 is 1.30 bits per heavy atom. The van der Waals surface area contributed by atoms with Gasteiger partial charge in [0.05, 0.1) is 0 Å². The number of hydrogen-bond acceptors (Lipinski definition) is 0. The van der Waals surface area contributed by atoms with E-state index in [0.717, 1.165) is 10.6 Å². The Morgan fingerprint density at radius 2 is 1.90 bits per heavy atom. The summed E-state index contributed by atoms with van der Waals surface area (Å²) < 4.78 is 0. The van der Waals surface area contributed by atoms with E-state index in [-0.39, 0.29) is 0 Å². The molecule has 0 aromatic carbocycles. The summed E-state index contributed by atoms with van der Waals surface area (Å²) in [6.07, 6.45) is 5.48. The first kappa shape index (κ1) is 9.80. The molecule has 0 heterocycles. The average Bonchev–Trinajstić information content (AvgIpc) is 1.99. The van der Waals surface area contributed by atoms with Gasteiger partial charge in [0.15, 0.2) is 0 Å². The number of halogens is 2. The molecule has 0 nitrogen and oxygen atoms in total. The van der Waals surface area contributed by atoms with Crippen molar-refractivity contribution in [3.63, 3.8) is 0 Å². The number of allylic oxidation sites excluding steroid dienone is 5. The molecule has 0 spiro atoms. The van der Waals surface area contributed by atoms with Crippen molar-refractivity contribution in [1.82, 2.24) is 0 Å². The molecule has 0 saturated carbocycles. The lowest BCUT2D eigenvalue weighted by Crippen LogP contribution is -1.64. The van der Waals surface area contributed by atoms with Crippen molar-refractivity contribution in [1.29, 1.82) is 0 Å². The van der Waals surface area contributed by atoms with Crippen LogP contribution in [0.4, 0.5) is 0 Å². The summed E-state index contributed by atoms with van der Waals surface area (Å²) in [4.78, 5) is 0. The molecule has 0 saturated heterocycles. The molecule has 0 aliphatic heterocycles. The van der Waals surface area contributed by atoms with Crippen molar-refractivity contribution in [3.8, 4) is 0 Å². The maximum atomic E-state index is 5.67. The van der Waals surface area contributed by atoms with Crippen LogP contribution in [-0.2, 0) is 0 Å². The maximum Gasteiger partial charge on any atom is 0.0363 e. The molecule has 0 aromatic heterocycles. The van der Waals surface area contributed by atoms with E-state index in [1.165, 1.54) is 5.54 Å². The first-order valence-electron chi connectivity index (χ1n) is 2.97. The van der Waals surface area contributed by atoms with Crippen LogP contribution in [0.25, 0.3) is 0 Å². The lowest BCUT2D eigenvalue weighted by atomic mass is 10.3. The summed E-state index contributed by atoms with van der Waals surface area (Å²) in [5.41, 5.74) is 2.50. The highest BCUT2D eigenvalue weighted by molar-refractivity contribution is 6.31. The van der Waals surface area contributed by atoms with Crippen molar-refractivity contribution < 1.29 is 0 Å². The van der Waals surface area contributed by atoms with Gasteiger partial charge in [-0.2, -0.15) is 0 Å². The van der Waals surface area contributed by atoms with Crippen LogP contribution in [0.15, 0.2) is 34.4 Å². The fourth-order valence-electron chi connectivity index (χ4n) is 0.344. The first-order valence-corrected chi connectivity index (χ1v) is 3.79. The second-order valence-corrected chi connectivity index (χ2v) is 2.51. The van der Waals surface area contributed by atoms with E-state index in [1.807, 2.05) is 26.0 Å². The van der Waals surface area contributed by atoms with Crippen molar-refractivity contribution in [2.45, 2.75) is 13.8 Å². The van der Waals surface area contributed by atoms with Gasteiger partial charge in [-0.1, -0.05) is 35.4 Å². The molecule has 0 aromatic rings. The van der Waals surface area contributed by atoms with Crippen LogP contribution in [-0.4, -0.2) is 0 Å². The van der Waals surface area contributed by atoms with E-state index in [9.17, 15) is 0 Å². The van der Waals surface area contributed by atoms with Crippen LogP contribution in [0, 0.1) is 0 Å². The molecule has 0 aliphatic carbocycles. The standard InChI is InChI=1S/C8H10Cl2/c1-3-8(10)5-4-7(2)6-9/h3-6H,1-2H3/b5-4-,7-6+,8-3+. The first-order chi connectivity index (χ1) is 4.70. The van der Waals surface area contributed by atoms with Crippen LogP contribution >= 0.6 is 23.2 Å². The minimum Gasteiger partial charge on any atom is -0.0927 e. The highest BCUT2D eigenvalue weighted by Gasteiger charge is 1.80. The van der Waals surface area contributed by atoms with E-state index < -0.39 is 0 Å². The predicted molar refractivity (Wildman–Crippen MR) is 48.4 cm³/mol. The molecular formula is C8H10Cl2. The highest BCUT2D eigenvalue weighted by atomic mass is 35.5. The van der Waals surface area contributed by atoms with Gasteiger partial charge >= 0.3 is 0 Å². The smallest absolute Gasteiger partial charge is 0.0363 e. The summed E-state index contributed by atoms with van der Waals surface area (Å²) in [5, 5.41) is 0.720. The van der Waals surface area contributed by atoms with Crippen molar-refractivity contribution in [3.05, 3.63) is 34.4 Å². The van der Waals surface area contributed by atoms with Crippen LogP contribution in [0.5, 0.6) is 0 Å². The number of hydrogen-bond donors (Lipinski definition) is 0. The zero-order chi connectivity index (χ0) is 7.98. The Balaban J connectivity index is 4.01. The van der Waals surface area contributed by atoms with Crippen LogP contribution < -0.4 is 0 Å². The summed E-state index contributed by atoms with van der Waals surface area (Å²) >= 11 is 11.1. The molecule has 0 atom stereocenters. The largest absolute Gasteiger partial charge is 0.0927 e. The van der Waals surface area contributed by atoms with Crippen LogP contribution in [0.2, 0.25) is 0 Å². The van der Waals surface area contributed by atoms with Gasteiger partial charge in [-0.15, -0.1) is 0 Å². The second kappa shape index (κ2) is 5.57. The summed E-state index contributed by atoms with van der Waals surface area (Å²) in [7, 11) is 0. The lowest BCUT2D eigenvalue weighted by molar-refractivity contribution is 1.54. The Kier molecular flexibility index (Phi) is 5.46. The van der Waals surface area contributed by atoms with E-state index >= 15 is 0 Å². The van der Waals surface area contributed by atoms with E-state index in [0.29, 0.717) is 0 Å². The molecule has 0 rings (SSSR count). The van der Waals surface area contributed by atoms with Crippen LogP contribution in [0.1, 0.15) is 13.8 Å². The van der Waals surface area contributed by atoms with Gasteiger partial charge < -0.3 is 0 Å². The van der Waals surface area contributed by atoms with E-state index in [4.69, 9.17) is 23.2 Å². The molecule has 10 heavy (non-hydrogen) atoms. The summed E-state index contributed by atoms with van der Waals surface area (Å²) in [6.45, 7) is 3.79. The van der Waals surface area contributed by atoms with Gasteiger partial charge in [-0.3, -0.25) is 0 Å². The van der Waals surface area contributed by atoms with Gasteiger partial charge in [-0.05, 0) is 25.5 Å². The molecule has 0 amide bonds. The lowest BCUT2D eigenvalue weighted by Gasteiger charge is -1.86. The van der Waals surface area contributed by atoms with Crippen molar-refractivity contribution in [2.24, 2.45) is 0 Å². The van der Waals surface area contributed by atoms with Crippen molar-refractivity contribution in [2.75, 3.05) is 0 Å². The average molecular weight is 177 g/mol. The molecule has 0 unspecified atom stereocenters. The Morgan fingerprint density at radius 3 is 2.30 bits per heavy atom. The third-order valence-electron chi connectivity index (χ3n) is 0.953. The number of rotatable bonds is 2. The van der Waals surface area contributed by atoms with Crippen LogP contribution in [0.3, 0.4) is 0 Å². The monoisotopic (exact) mass is 176 g/mol. The highest BCUT2D eigenvalue weighted by Crippen LogP contribution is 2.05. The summed E-state index contributed by atoms with van der Waals surface area (Å²) in [6, 6.07) is 0. The molecule has 0 radical (unpaired) electrons. The third-order valence-corrected chi connectivity index (χ3v) is 1.64. The van der Waals surface area contributed by atoms with Crippen molar-refractivity contribution >= 4 is 23.2 Å². The SMILES string of the molecule is C\C=C(Cl)/C=C\C(C)=C\Cl. The van der Waals surface area contributed by atoms with Gasteiger partial charge in [0.2, 0.25) is 0 Å². The quantitative estimate of drug-likeness (QED) is 0.562. The summed E-state index contributed by atoms with van der Waals surface area (Å²) in [5.74, 6) is 0. The molecule has 56 valence electrons. The zero-order valence-electron chi connectivity index (χ0n) is 6.07. The fourth-order valence-corrected chi connectivity index (χ4v) is 0.479. The molecule has 0 N–H and O–H groups in total. The maximum absolute atomic E-state index is 5.67.